The lowest BCUT2D eigenvalue weighted by atomic mass is 10.1. The van der Waals surface area contributed by atoms with Crippen LogP contribution in [-0.2, 0) is 0 Å². The molecule has 0 bridgehead atoms. The Labute approximate surface area is 142 Å². The highest BCUT2D eigenvalue weighted by Gasteiger charge is 2.24. The van der Waals surface area contributed by atoms with Gasteiger partial charge in [-0.2, -0.15) is 4.98 Å². The second kappa shape index (κ2) is 6.60. The Morgan fingerprint density at radius 1 is 1.16 bits per heavy atom. The maximum atomic E-state index is 14.3. The molecule has 0 saturated carbocycles. The summed E-state index contributed by atoms with van der Waals surface area (Å²) in [6.07, 6.45) is 0. The van der Waals surface area contributed by atoms with Crippen molar-refractivity contribution < 1.29 is 23.2 Å². The van der Waals surface area contributed by atoms with Crippen molar-refractivity contribution in [3.63, 3.8) is 0 Å². The van der Waals surface area contributed by atoms with Crippen LogP contribution in [0.15, 0.2) is 40.9 Å². The van der Waals surface area contributed by atoms with Gasteiger partial charge in [0.2, 0.25) is 5.82 Å². The standard InChI is InChI=1S/C17H14FN3O4/c1-23-12-6-4-3-5-9(12)16-20-17(25-21-16)13-11(18)8-7-10(15(19)22)14(13)24-2/h3-8H,1-2H3,(H2,19,22). The van der Waals surface area contributed by atoms with Crippen LogP contribution in [0.4, 0.5) is 4.39 Å². The number of aromatic nitrogens is 2. The molecule has 0 spiro atoms. The number of carbonyl (C=O) groups is 1. The number of carbonyl (C=O) groups excluding carboxylic acids is 1. The molecule has 1 aromatic heterocycles. The van der Waals surface area contributed by atoms with Crippen molar-refractivity contribution in [1.82, 2.24) is 10.1 Å². The van der Waals surface area contributed by atoms with Crippen molar-refractivity contribution in [2.24, 2.45) is 5.73 Å². The zero-order chi connectivity index (χ0) is 18.0. The fraction of sp³-hybridized carbons (Fsp3) is 0.118. The number of methoxy groups -OCH3 is 2. The summed E-state index contributed by atoms with van der Waals surface area (Å²) in [5.74, 6) is -0.910. The van der Waals surface area contributed by atoms with Gasteiger partial charge in [-0.05, 0) is 24.3 Å². The molecule has 8 heteroatoms. The predicted molar refractivity (Wildman–Crippen MR) is 86.7 cm³/mol. The minimum Gasteiger partial charge on any atom is -0.496 e. The van der Waals surface area contributed by atoms with E-state index in [1.54, 1.807) is 24.3 Å². The van der Waals surface area contributed by atoms with E-state index in [4.69, 9.17) is 19.7 Å². The van der Waals surface area contributed by atoms with Crippen LogP contribution in [0.5, 0.6) is 11.5 Å². The Hall–Kier alpha value is -3.42. The maximum Gasteiger partial charge on any atom is 0.265 e. The Morgan fingerprint density at radius 3 is 2.60 bits per heavy atom. The zero-order valence-corrected chi connectivity index (χ0v) is 13.4. The molecule has 0 radical (unpaired) electrons. The van der Waals surface area contributed by atoms with E-state index in [-0.39, 0.29) is 28.6 Å². The van der Waals surface area contributed by atoms with Crippen molar-refractivity contribution in [2.45, 2.75) is 0 Å². The zero-order valence-electron chi connectivity index (χ0n) is 13.4. The molecule has 0 unspecified atom stereocenters. The SMILES string of the molecule is COc1ccccc1-c1noc(-c2c(F)ccc(C(N)=O)c2OC)n1. The molecule has 0 aliphatic carbocycles. The molecule has 2 N–H and O–H groups in total. The third-order valence-electron chi connectivity index (χ3n) is 3.56. The van der Waals surface area contributed by atoms with Gasteiger partial charge in [0.05, 0.1) is 25.3 Å². The average molecular weight is 343 g/mol. The third kappa shape index (κ3) is 2.89. The maximum absolute atomic E-state index is 14.3. The van der Waals surface area contributed by atoms with Crippen LogP contribution in [0, 0.1) is 5.82 Å². The van der Waals surface area contributed by atoms with E-state index >= 15 is 0 Å². The van der Waals surface area contributed by atoms with Gasteiger partial charge in [0.25, 0.3) is 11.8 Å². The quantitative estimate of drug-likeness (QED) is 0.764. The van der Waals surface area contributed by atoms with Crippen molar-refractivity contribution in [3.05, 3.63) is 47.8 Å². The molecule has 3 rings (SSSR count). The van der Waals surface area contributed by atoms with E-state index in [1.165, 1.54) is 20.3 Å². The minimum absolute atomic E-state index is 0.0101. The van der Waals surface area contributed by atoms with Crippen molar-refractivity contribution >= 4 is 5.91 Å². The van der Waals surface area contributed by atoms with E-state index < -0.39 is 11.7 Å². The molecule has 0 fully saturated rings. The highest BCUT2D eigenvalue weighted by Crippen LogP contribution is 2.36. The Kier molecular flexibility index (Phi) is 4.34. The summed E-state index contributed by atoms with van der Waals surface area (Å²) < 4.78 is 29.9. The molecule has 128 valence electrons. The van der Waals surface area contributed by atoms with Crippen LogP contribution < -0.4 is 15.2 Å². The summed E-state index contributed by atoms with van der Waals surface area (Å²) in [6, 6.07) is 9.37. The van der Waals surface area contributed by atoms with E-state index in [9.17, 15) is 9.18 Å². The molecule has 1 amide bonds. The summed E-state index contributed by atoms with van der Waals surface area (Å²) >= 11 is 0. The van der Waals surface area contributed by atoms with Gasteiger partial charge in [-0.25, -0.2) is 4.39 Å². The van der Waals surface area contributed by atoms with Gasteiger partial charge in [0.15, 0.2) is 0 Å². The number of hydrogen-bond donors (Lipinski definition) is 1. The van der Waals surface area contributed by atoms with Gasteiger partial charge < -0.3 is 19.7 Å². The molecular weight excluding hydrogens is 329 g/mol. The Morgan fingerprint density at radius 2 is 1.92 bits per heavy atom. The minimum atomic E-state index is -0.762. The van der Waals surface area contributed by atoms with Gasteiger partial charge in [-0.1, -0.05) is 17.3 Å². The predicted octanol–water partition coefficient (Wildman–Crippen LogP) is 2.66. The van der Waals surface area contributed by atoms with Crippen LogP contribution in [0.1, 0.15) is 10.4 Å². The van der Waals surface area contributed by atoms with E-state index in [2.05, 4.69) is 10.1 Å². The number of halogens is 1. The lowest BCUT2D eigenvalue weighted by Gasteiger charge is -2.09. The topological polar surface area (TPSA) is 100 Å². The van der Waals surface area contributed by atoms with Gasteiger partial charge in [-0.15, -0.1) is 0 Å². The molecule has 0 atom stereocenters. The fourth-order valence-corrected chi connectivity index (χ4v) is 2.43. The number of primary amides is 1. The molecule has 3 aromatic rings. The summed E-state index contributed by atoms with van der Waals surface area (Å²) in [6.45, 7) is 0. The first-order chi connectivity index (χ1) is 12.1. The smallest absolute Gasteiger partial charge is 0.265 e. The monoisotopic (exact) mass is 343 g/mol. The number of nitrogens with two attached hydrogens (primary N) is 1. The molecule has 2 aromatic carbocycles. The summed E-state index contributed by atoms with van der Waals surface area (Å²) in [7, 11) is 2.81. The largest absolute Gasteiger partial charge is 0.496 e. The summed E-state index contributed by atoms with van der Waals surface area (Å²) in [5, 5.41) is 3.86. The molecular formula is C17H14FN3O4. The number of ether oxygens (including phenoxy) is 2. The number of rotatable bonds is 5. The molecule has 0 aliphatic rings. The molecule has 0 saturated heterocycles. The van der Waals surface area contributed by atoms with Crippen molar-refractivity contribution in [1.29, 1.82) is 0 Å². The first-order valence-electron chi connectivity index (χ1n) is 7.20. The van der Waals surface area contributed by atoms with Crippen molar-refractivity contribution in [3.8, 4) is 34.3 Å². The number of hydrogen-bond acceptors (Lipinski definition) is 6. The van der Waals surface area contributed by atoms with Crippen LogP contribution in [0.3, 0.4) is 0 Å². The van der Waals surface area contributed by atoms with E-state index in [0.29, 0.717) is 11.3 Å². The van der Waals surface area contributed by atoms with Gasteiger partial charge in [0, 0.05) is 0 Å². The highest BCUT2D eigenvalue weighted by atomic mass is 19.1. The Bertz CT molecular complexity index is 939. The summed E-state index contributed by atoms with van der Waals surface area (Å²) in [4.78, 5) is 15.7. The molecule has 7 nitrogen and oxygen atoms in total. The van der Waals surface area contributed by atoms with Gasteiger partial charge >= 0.3 is 0 Å². The van der Waals surface area contributed by atoms with Crippen LogP contribution in [-0.4, -0.2) is 30.3 Å². The van der Waals surface area contributed by atoms with Crippen LogP contribution in [0.25, 0.3) is 22.8 Å². The van der Waals surface area contributed by atoms with E-state index in [1.807, 2.05) is 0 Å². The van der Waals surface area contributed by atoms with Crippen LogP contribution >= 0.6 is 0 Å². The summed E-state index contributed by atoms with van der Waals surface area (Å²) in [5.41, 5.74) is 5.75. The number of benzene rings is 2. The number of nitrogens with zero attached hydrogens (tertiary/aromatic N) is 2. The molecule has 1 heterocycles. The number of amides is 1. The normalized spacial score (nSPS) is 10.5. The van der Waals surface area contributed by atoms with Gasteiger partial charge in [0.1, 0.15) is 22.9 Å². The molecule has 0 aliphatic heterocycles. The third-order valence-corrected chi connectivity index (χ3v) is 3.56. The Balaban J connectivity index is 2.15. The second-order valence-electron chi connectivity index (χ2n) is 4.99. The van der Waals surface area contributed by atoms with Crippen LogP contribution in [0.2, 0.25) is 0 Å². The number of para-hydroxylation sites is 1. The lowest BCUT2D eigenvalue weighted by Crippen LogP contribution is -2.13. The van der Waals surface area contributed by atoms with Gasteiger partial charge in [-0.3, -0.25) is 4.79 Å². The molecule has 25 heavy (non-hydrogen) atoms. The fourth-order valence-electron chi connectivity index (χ4n) is 2.43. The highest BCUT2D eigenvalue weighted by molar-refractivity contribution is 5.98. The van der Waals surface area contributed by atoms with E-state index in [0.717, 1.165) is 6.07 Å². The first-order valence-corrected chi connectivity index (χ1v) is 7.20. The second-order valence-corrected chi connectivity index (χ2v) is 4.99. The first kappa shape index (κ1) is 16.4. The lowest BCUT2D eigenvalue weighted by molar-refractivity contribution is 0.0997. The van der Waals surface area contributed by atoms with Crippen molar-refractivity contribution in [2.75, 3.05) is 14.2 Å². The average Bonchev–Trinajstić information content (AvgIpc) is 3.10.